The van der Waals surface area contributed by atoms with Gasteiger partial charge in [0.25, 0.3) is 0 Å². The van der Waals surface area contributed by atoms with Gasteiger partial charge in [-0.25, -0.2) is 4.79 Å². The molecule has 0 aliphatic carbocycles. The van der Waals surface area contributed by atoms with Crippen LogP contribution in [0.1, 0.15) is 33.6 Å². The average molecular weight is 420 g/mol. The molecule has 160 valence electrons. The third kappa shape index (κ3) is 8.57. The molecule has 28 heavy (non-hydrogen) atoms. The molecular weight excluding hydrogens is 390 g/mol. The Morgan fingerprint density at radius 2 is 1.50 bits per heavy atom. The van der Waals surface area contributed by atoms with Crippen molar-refractivity contribution in [2.24, 2.45) is 17.4 Å². The molecule has 0 radical (unpaired) electrons. The fourth-order valence-electron chi connectivity index (χ4n) is 2.05. The maximum absolute atomic E-state index is 12.2. The molecule has 0 fully saturated rings. The van der Waals surface area contributed by atoms with Gasteiger partial charge in [-0.15, -0.1) is 0 Å². The van der Waals surface area contributed by atoms with E-state index >= 15 is 0 Å². The molecule has 0 aromatic rings. The van der Waals surface area contributed by atoms with E-state index in [4.69, 9.17) is 16.6 Å². The molecular formula is C16H29N5O6S. The van der Waals surface area contributed by atoms with Crippen LogP contribution < -0.4 is 27.4 Å². The van der Waals surface area contributed by atoms with Gasteiger partial charge in [0, 0.05) is 5.75 Å². The van der Waals surface area contributed by atoms with Crippen LogP contribution in [0, 0.1) is 5.92 Å². The summed E-state index contributed by atoms with van der Waals surface area (Å²) in [5, 5.41) is 16.0. The molecule has 4 amide bonds. The van der Waals surface area contributed by atoms with Gasteiger partial charge in [-0.1, -0.05) is 20.3 Å². The number of carboxylic acid groups (broad SMARTS) is 1. The maximum atomic E-state index is 12.2. The summed E-state index contributed by atoms with van der Waals surface area (Å²) in [6.07, 6.45) is 0.0847. The van der Waals surface area contributed by atoms with Crippen molar-refractivity contribution < 1.29 is 29.1 Å². The van der Waals surface area contributed by atoms with Crippen molar-refractivity contribution in [3.05, 3.63) is 0 Å². The summed E-state index contributed by atoms with van der Waals surface area (Å²) < 4.78 is 0. The summed E-state index contributed by atoms with van der Waals surface area (Å²) in [7, 11) is 0. The molecule has 0 aliphatic heterocycles. The lowest BCUT2D eigenvalue weighted by molar-refractivity contribution is -0.143. The molecule has 0 rings (SSSR count). The Hall–Kier alpha value is -2.34. The summed E-state index contributed by atoms with van der Waals surface area (Å²) in [4.78, 5) is 58.5. The third-order valence-electron chi connectivity index (χ3n) is 4.15. The number of carboxylic acids is 1. The quantitative estimate of drug-likeness (QED) is 0.173. The minimum Gasteiger partial charge on any atom is -0.480 e. The van der Waals surface area contributed by atoms with Gasteiger partial charge in [0.2, 0.25) is 23.6 Å². The number of thiol groups is 1. The smallest absolute Gasteiger partial charge is 0.326 e. The van der Waals surface area contributed by atoms with Crippen LogP contribution in [0.3, 0.4) is 0 Å². The molecule has 0 saturated heterocycles. The summed E-state index contributed by atoms with van der Waals surface area (Å²) in [5.41, 5.74) is 10.8. The van der Waals surface area contributed by atoms with Gasteiger partial charge >= 0.3 is 5.97 Å². The highest BCUT2D eigenvalue weighted by atomic mass is 32.1. The first-order valence-electron chi connectivity index (χ1n) is 8.73. The van der Waals surface area contributed by atoms with Gasteiger partial charge < -0.3 is 32.5 Å². The summed E-state index contributed by atoms with van der Waals surface area (Å²) >= 11 is 3.96. The van der Waals surface area contributed by atoms with Crippen LogP contribution in [0.2, 0.25) is 0 Å². The lowest BCUT2D eigenvalue weighted by Crippen LogP contribution is -2.57. The van der Waals surface area contributed by atoms with Gasteiger partial charge in [-0.05, 0) is 12.8 Å². The standard InChI is InChI=1S/C16H29N5O6S/c1-4-7(2)12(18)15(25)19-8(3)13(23)21-10(6-28)14(24)20-9(16(26)27)5-11(17)22/h7-10,12,28H,4-6,18H2,1-3H3,(H2,17,22)(H,19,25)(H,20,24)(H,21,23)(H,26,27). The van der Waals surface area contributed by atoms with Gasteiger partial charge in [0.05, 0.1) is 12.5 Å². The Labute approximate surface area is 168 Å². The lowest BCUT2D eigenvalue weighted by atomic mass is 9.99. The Bertz CT molecular complexity index is 602. The van der Waals surface area contributed by atoms with Crippen LogP contribution in [0.25, 0.3) is 0 Å². The van der Waals surface area contributed by atoms with Crippen LogP contribution in [-0.2, 0) is 24.0 Å². The molecule has 0 saturated carbocycles. The van der Waals surface area contributed by atoms with Crippen LogP contribution in [0.4, 0.5) is 0 Å². The second-order valence-corrected chi connectivity index (χ2v) is 6.82. The Kier molecular flexibility index (Phi) is 11.2. The highest BCUT2D eigenvalue weighted by Gasteiger charge is 2.29. The number of primary amides is 1. The SMILES string of the molecule is CCC(C)C(N)C(=O)NC(C)C(=O)NC(CS)C(=O)NC(CC(N)=O)C(=O)O. The Balaban J connectivity index is 4.88. The van der Waals surface area contributed by atoms with Crippen LogP contribution in [-0.4, -0.2) is 64.6 Å². The average Bonchev–Trinajstić information content (AvgIpc) is 2.62. The van der Waals surface area contributed by atoms with Crippen molar-refractivity contribution in [3.63, 3.8) is 0 Å². The zero-order valence-electron chi connectivity index (χ0n) is 16.1. The summed E-state index contributed by atoms with van der Waals surface area (Å²) in [5.74, 6) is -4.62. The molecule has 12 heteroatoms. The fraction of sp³-hybridized carbons (Fsp3) is 0.688. The number of aliphatic carboxylic acids is 1. The number of hydrogen-bond donors (Lipinski definition) is 7. The van der Waals surface area contributed by atoms with Crippen molar-refractivity contribution in [2.75, 3.05) is 5.75 Å². The van der Waals surface area contributed by atoms with E-state index in [1.54, 1.807) is 6.92 Å². The van der Waals surface area contributed by atoms with Crippen LogP contribution >= 0.6 is 12.6 Å². The third-order valence-corrected chi connectivity index (χ3v) is 4.51. The minimum absolute atomic E-state index is 0.0792. The zero-order chi connectivity index (χ0) is 22.0. The van der Waals surface area contributed by atoms with E-state index in [-0.39, 0.29) is 11.7 Å². The van der Waals surface area contributed by atoms with E-state index < -0.39 is 60.2 Å². The molecule has 0 spiro atoms. The number of nitrogens with one attached hydrogen (secondary N) is 3. The highest BCUT2D eigenvalue weighted by Crippen LogP contribution is 2.05. The van der Waals surface area contributed by atoms with Crippen molar-refractivity contribution in [1.82, 2.24) is 16.0 Å². The Morgan fingerprint density at radius 1 is 0.964 bits per heavy atom. The molecule has 8 N–H and O–H groups in total. The van der Waals surface area contributed by atoms with E-state index in [9.17, 15) is 24.0 Å². The number of amides is 4. The van der Waals surface area contributed by atoms with Crippen LogP contribution in [0.15, 0.2) is 0 Å². The number of carbonyl (C=O) groups excluding carboxylic acids is 4. The highest BCUT2D eigenvalue weighted by molar-refractivity contribution is 7.80. The molecule has 0 aromatic heterocycles. The lowest BCUT2D eigenvalue weighted by Gasteiger charge is -2.23. The second kappa shape index (κ2) is 12.2. The number of hydrogen-bond acceptors (Lipinski definition) is 7. The van der Waals surface area contributed by atoms with Crippen LogP contribution in [0.5, 0.6) is 0 Å². The zero-order valence-corrected chi connectivity index (χ0v) is 17.0. The first kappa shape index (κ1) is 25.7. The molecule has 11 nitrogen and oxygen atoms in total. The first-order chi connectivity index (χ1) is 12.9. The molecule has 0 aromatic carbocycles. The predicted molar refractivity (Wildman–Crippen MR) is 104 cm³/mol. The Morgan fingerprint density at radius 3 is 1.93 bits per heavy atom. The van der Waals surface area contributed by atoms with E-state index in [2.05, 4.69) is 28.6 Å². The number of nitrogens with two attached hydrogens (primary N) is 2. The monoisotopic (exact) mass is 419 g/mol. The van der Waals surface area contributed by atoms with Gasteiger partial charge in [0.15, 0.2) is 0 Å². The maximum Gasteiger partial charge on any atom is 0.326 e. The molecule has 0 heterocycles. The van der Waals surface area contributed by atoms with Gasteiger partial charge in [-0.2, -0.15) is 12.6 Å². The van der Waals surface area contributed by atoms with E-state index in [0.29, 0.717) is 6.42 Å². The molecule has 5 unspecified atom stereocenters. The van der Waals surface area contributed by atoms with E-state index in [1.165, 1.54) is 6.92 Å². The number of rotatable bonds is 12. The minimum atomic E-state index is -1.53. The fourth-order valence-corrected chi connectivity index (χ4v) is 2.31. The van der Waals surface area contributed by atoms with E-state index in [1.807, 2.05) is 6.92 Å². The molecule has 0 bridgehead atoms. The van der Waals surface area contributed by atoms with Gasteiger partial charge in [-0.3, -0.25) is 19.2 Å². The van der Waals surface area contributed by atoms with E-state index in [0.717, 1.165) is 0 Å². The predicted octanol–water partition coefficient (Wildman–Crippen LogP) is -2.28. The normalized spacial score (nSPS) is 16.0. The first-order valence-corrected chi connectivity index (χ1v) is 9.36. The van der Waals surface area contributed by atoms with Crippen molar-refractivity contribution in [1.29, 1.82) is 0 Å². The second-order valence-electron chi connectivity index (χ2n) is 6.46. The van der Waals surface area contributed by atoms with Gasteiger partial charge in [0.1, 0.15) is 18.1 Å². The summed E-state index contributed by atoms with van der Waals surface area (Å²) in [6, 6.07) is -4.49. The molecule has 5 atom stereocenters. The largest absolute Gasteiger partial charge is 0.480 e. The van der Waals surface area contributed by atoms with Crippen molar-refractivity contribution in [2.45, 2.75) is 57.8 Å². The van der Waals surface area contributed by atoms with Crippen molar-refractivity contribution >= 4 is 42.2 Å². The topological polar surface area (TPSA) is 194 Å². The summed E-state index contributed by atoms with van der Waals surface area (Å²) in [6.45, 7) is 5.10. The van der Waals surface area contributed by atoms with Crippen molar-refractivity contribution in [3.8, 4) is 0 Å². The number of carbonyl (C=O) groups is 5. The molecule has 0 aliphatic rings.